The van der Waals surface area contributed by atoms with Gasteiger partial charge in [0.1, 0.15) is 0 Å². The molecule has 1 rings (SSSR count). The van der Waals surface area contributed by atoms with Crippen LogP contribution in [0.15, 0.2) is 12.2 Å². The smallest absolute Gasteiger partial charge is 0.0605 e. The highest BCUT2D eigenvalue weighted by Crippen LogP contribution is 2.33. The number of aliphatic hydroxyl groups is 1. The molecule has 1 nitrogen and oxygen atoms in total. The molecule has 1 unspecified atom stereocenters. The van der Waals surface area contributed by atoms with E-state index in [1.165, 1.54) is 32.1 Å². The minimum Gasteiger partial charge on any atom is -0.393 e. The molecule has 14 heavy (non-hydrogen) atoms. The highest BCUT2D eigenvalue weighted by Gasteiger charge is 2.25. The Labute approximate surface area is 88.2 Å². The van der Waals surface area contributed by atoms with Gasteiger partial charge in [-0.2, -0.15) is 0 Å². The zero-order valence-electron chi connectivity index (χ0n) is 9.63. The normalized spacial score (nSPS) is 29.9. The molecule has 0 radical (unpaired) electrons. The van der Waals surface area contributed by atoms with Crippen molar-refractivity contribution in [3.8, 4) is 0 Å². The maximum atomic E-state index is 9.94. The number of hydrogen-bond donors (Lipinski definition) is 1. The third-order valence-electron chi connectivity index (χ3n) is 3.57. The summed E-state index contributed by atoms with van der Waals surface area (Å²) in [4.78, 5) is 0. The molecule has 1 atom stereocenters. The second-order valence-electron chi connectivity index (χ2n) is 4.92. The third-order valence-corrected chi connectivity index (χ3v) is 3.57. The molecule has 1 fully saturated rings. The van der Waals surface area contributed by atoms with Crippen molar-refractivity contribution >= 4 is 0 Å². The van der Waals surface area contributed by atoms with Crippen LogP contribution in [0, 0.1) is 11.8 Å². The lowest BCUT2D eigenvalue weighted by molar-refractivity contribution is 0.0736. The van der Waals surface area contributed by atoms with Crippen LogP contribution >= 0.6 is 0 Å². The highest BCUT2D eigenvalue weighted by molar-refractivity contribution is 4.93. The van der Waals surface area contributed by atoms with Crippen molar-refractivity contribution in [2.24, 2.45) is 11.8 Å². The summed E-state index contributed by atoms with van der Waals surface area (Å²) in [7, 11) is 0. The van der Waals surface area contributed by atoms with Crippen LogP contribution in [0.4, 0.5) is 0 Å². The predicted molar refractivity (Wildman–Crippen MR) is 61.2 cm³/mol. The van der Waals surface area contributed by atoms with Gasteiger partial charge in [0.25, 0.3) is 0 Å². The molecule has 0 amide bonds. The maximum absolute atomic E-state index is 9.94. The number of rotatable bonds is 4. The third kappa shape index (κ3) is 3.45. The van der Waals surface area contributed by atoms with Crippen molar-refractivity contribution in [2.75, 3.05) is 0 Å². The molecule has 0 aromatic rings. The molecule has 0 aromatic heterocycles. The fourth-order valence-electron chi connectivity index (χ4n) is 2.50. The van der Waals surface area contributed by atoms with E-state index in [9.17, 15) is 5.11 Å². The van der Waals surface area contributed by atoms with Gasteiger partial charge in [-0.1, -0.05) is 31.8 Å². The Balaban J connectivity index is 2.30. The van der Waals surface area contributed by atoms with Crippen molar-refractivity contribution in [3.63, 3.8) is 0 Å². The van der Waals surface area contributed by atoms with E-state index in [4.69, 9.17) is 0 Å². The summed E-state index contributed by atoms with van der Waals surface area (Å²) in [5, 5.41) is 9.94. The van der Waals surface area contributed by atoms with Gasteiger partial charge in [-0.3, -0.25) is 0 Å². The van der Waals surface area contributed by atoms with E-state index in [1.807, 2.05) is 6.92 Å². The fourth-order valence-corrected chi connectivity index (χ4v) is 2.50. The van der Waals surface area contributed by atoms with E-state index in [-0.39, 0.29) is 6.10 Å². The second kappa shape index (κ2) is 5.55. The molecule has 0 aliphatic heterocycles. The molecule has 1 heteroatoms. The molecule has 0 spiro atoms. The molecule has 82 valence electrons. The SMILES string of the molecule is C=C(C)CC(O)C1CCC(CC)CC1. The molecule has 1 aliphatic carbocycles. The van der Waals surface area contributed by atoms with Crippen LogP contribution in [-0.4, -0.2) is 11.2 Å². The van der Waals surface area contributed by atoms with Crippen LogP contribution < -0.4 is 0 Å². The number of hydrogen-bond acceptors (Lipinski definition) is 1. The molecule has 0 saturated heterocycles. The molecule has 0 heterocycles. The summed E-state index contributed by atoms with van der Waals surface area (Å²) in [5.74, 6) is 1.46. The fraction of sp³-hybridized carbons (Fsp3) is 0.846. The average molecular weight is 196 g/mol. The van der Waals surface area contributed by atoms with Gasteiger partial charge in [-0.25, -0.2) is 0 Å². The lowest BCUT2D eigenvalue weighted by Crippen LogP contribution is -2.25. The van der Waals surface area contributed by atoms with Gasteiger partial charge in [0.15, 0.2) is 0 Å². The molecular weight excluding hydrogens is 172 g/mol. The lowest BCUT2D eigenvalue weighted by Gasteiger charge is -2.31. The molecule has 1 aliphatic rings. The molecule has 1 saturated carbocycles. The first-order valence-electron chi connectivity index (χ1n) is 5.96. The molecule has 1 N–H and O–H groups in total. The highest BCUT2D eigenvalue weighted by atomic mass is 16.3. The lowest BCUT2D eigenvalue weighted by atomic mass is 9.77. The van der Waals surface area contributed by atoms with Crippen molar-refractivity contribution < 1.29 is 5.11 Å². The van der Waals surface area contributed by atoms with Gasteiger partial charge >= 0.3 is 0 Å². The summed E-state index contributed by atoms with van der Waals surface area (Å²) < 4.78 is 0. The van der Waals surface area contributed by atoms with Gasteiger partial charge in [-0.15, -0.1) is 6.58 Å². The maximum Gasteiger partial charge on any atom is 0.0605 e. The first-order chi connectivity index (χ1) is 6.63. The van der Waals surface area contributed by atoms with E-state index < -0.39 is 0 Å². The predicted octanol–water partition coefficient (Wildman–Crippen LogP) is 3.53. The summed E-state index contributed by atoms with van der Waals surface area (Å²) in [6.07, 6.45) is 7.03. The van der Waals surface area contributed by atoms with Crippen LogP contribution in [0.3, 0.4) is 0 Å². The molecular formula is C13H24O. The van der Waals surface area contributed by atoms with Crippen molar-refractivity contribution in [1.29, 1.82) is 0 Å². The van der Waals surface area contributed by atoms with Crippen LogP contribution in [0.25, 0.3) is 0 Å². The molecule has 0 bridgehead atoms. The Morgan fingerprint density at radius 2 is 1.93 bits per heavy atom. The van der Waals surface area contributed by atoms with Gasteiger partial charge in [0, 0.05) is 0 Å². The van der Waals surface area contributed by atoms with E-state index in [1.54, 1.807) is 0 Å². The average Bonchev–Trinajstić information content (AvgIpc) is 2.17. The Kier molecular flexibility index (Phi) is 4.67. The summed E-state index contributed by atoms with van der Waals surface area (Å²) in [6.45, 7) is 8.14. The van der Waals surface area contributed by atoms with Gasteiger partial charge in [0.2, 0.25) is 0 Å². The van der Waals surface area contributed by atoms with Crippen LogP contribution in [0.5, 0.6) is 0 Å². The van der Waals surface area contributed by atoms with E-state index >= 15 is 0 Å². The topological polar surface area (TPSA) is 20.2 Å². The first-order valence-corrected chi connectivity index (χ1v) is 5.96. The van der Waals surface area contributed by atoms with E-state index in [2.05, 4.69) is 13.5 Å². The quantitative estimate of drug-likeness (QED) is 0.682. The summed E-state index contributed by atoms with van der Waals surface area (Å²) >= 11 is 0. The van der Waals surface area contributed by atoms with E-state index in [0.29, 0.717) is 5.92 Å². The van der Waals surface area contributed by atoms with Gasteiger partial charge < -0.3 is 5.11 Å². The van der Waals surface area contributed by atoms with Crippen LogP contribution in [-0.2, 0) is 0 Å². The Morgan fingerprint density at radius 3 is 2.36 bits per heavy atom. The Bertz CT molecular complexity index is 178. The van der Waals surface area contributed by atoms with Crippen molar-refractivity contribution in [2.45, 2.75) is 58.5 Å². The Morgan fingerprint density at radius 1 is 1.36 bits per heavy atom. The van der Waals surface area contributed by atoms with Crippen LogP contribution in [0.1, 0.15) is 52.4 Å². The largest absolute Gasteiger partial charge is 0.393 e. The van der Waals surface area contributed by atoms with Crippen LogP contribution in [0.2, 0.25) is 0 Å². The first kappa shape index (κ1) is 11.8. The monoisotopic (exact) mass is 196 g/mol. The second-order valence-corrected chi connectivity index (χ2v) is 4.92. The standard InChI is InChI=1S/C13H24O/c1-4-11-5-7-12(8-6-11)13(14)9-10(2)3/h11-14H,2,4-9H2,1,3H3. The zero-order valence-corrected chi connectivity index (χ0v) is 9.63. The van der Waals surface area contributed by atoms with Crippen molar-refractivity contribution in [3.05, 3.63) is 12.2 Å². The Hall–Kier alpha value is -0.300. The van der Waals surface area contributed by atoms with Gasteiger partial charge in [-0.05, 0) is 38.0 Å². The summed E-state index contributed by atoms with van der Waals surface area (Å²) in [5.41, 5.74) is 1.11. The zero-order chi connectivity index (χ0) is 10.6. The summed E-state index contributed by atoms with van der Waals surface area (Å²) in [6, 6.07) is 0. The van der Waals surface area contributed by atoms with Gasteiger partial charge in [0.05, 0.1) is 6.10 Å². The number of aliphatic hydroxyl groups excluding tert-OH is 1. The molecule has 0 aromatic carbocycles. The minimum atomic E-state index is -0.134. The minimum absolute atomic E-state index is 0.134. The van der Waals surface area contributed by atoms with Crippen molar-refractivity contribution in [1.82, 2.24) is 0 Å². The van der Waals surface area contributed by atoms with E-state index in [0.717, 1.165) is 17.9 Å².